The van der Waals surface area contributed by atoms with Gasteiger partial charge in [0.25, 0.3) is 0 Å². The fourth-order valence-electron chi connectivity index (χ4n) is 7.40. The van der Waals surface area contributed by atoms with Gasteiger partial charge < -0.3 is 13.3 Å². The molecule has 0 unspecified atom stereocenters. The lowest BCUT2D eigenvalue weighted by Gasteiger charge is -2.09. The second-order valence-corrected chi connectivity index (χ2v) is 12.8. The van der Waals surface area contributed by atoms with Crippen LogP contribution in [-0.4, -0.2) is 15.0 Å². The van der Waals surface area contributed by atoms with Gasteiger partial charge in [-0.3, -0.25) is 0 Å². The molecule has 0 atom stereocenters. The van der Waals surface area contributed by atoms with E-state index >= 15 is 0 Å². The third-order valence-electron chi connectivity index (χ3n) is 9.75. The topological polar surface area (TPSA) is 78.1 Å². The Morgan fingerprint density at radius 3 is 1.59 bits per heavy atom. The summed E-state index contributed by atoms with van der Waals surface area (Å²) in [4.78, 5) is 15.3. The van der Waals surface area contributed by atoms with Crippen molar-refractivity contribution in [3.63, 3.8) is 0 Å². The van der Waals surface area contributed by atoms with E-state index in [-0.39, 0.29) is 0 Å². The van der Waals surface area contributed by atoms with Crippen molar-refractivity contribution in [1.29, 1.82) is 0 Å². The first-order valence-electron chi connectivity index (χ1n) is 16.8. The van der Waals surface area contributed by atoms with Crippen molar-refractivity contribution >= 4 is 65.8 Å². The zero-order valence-corrected chi connectivity index (χ0v) is 27.0. The second-order valence-electron chi connectivity index (χ2n) is 12.8. The number of fused-ring (bicyclic) bond motifs is 9. The maximum atomic E-state index is 6.46. The normalized spacial score (nSPS) is 11.9. The van der Waals surface area contributed by atoms with Crippen LogP contribution in [0.3, 0.4) is 0 Å². The van der Waals surface area contributed by atoms with Crippen molar-refractivity contribution in [2.24, 2.45) is 0 Å². The molecular weight excluding hydrogens is 631 g/mol. The van der Waals surface area contributed by atoms with E-state index in [1.807, 2.05) is 103 Å². The Morgan fingerprint density at radius 2 is 0.804 bits per heavy atom. The van der Waals surface area contributed by atoms with Crippen LogP contribution in [0.5, 0.6) is 0 Å². The zero-order valence-electron chi connectivity index (χ0n) is 27.0. The Hall–Kier alpha value is -7.05. The number of rotatable bonds is 4. The summed E-state index contributed by atoms with van der Waals surface area (Å²) in [5.41, 5.74) is 9.78. The zero-order chi connectivity index (χ0) is 33.5. The molecule has 6 heteroatoms. The monoisotopic (exact) mass is 655 g/mol. The van der Waals surface area contributed by atoms with Gasteiger partial charge in [-0.1, -0.05) is 97.1 Å². The molecule has 0 fully saturated rings. The van der Waals surface area contributed by atoms with Crippen LogP contribution in [0.1, 0.15) is 0 Å². The standard InChI is InChI=1S/C45H25N3O3/c1-2-10-26(11-3-1)43-46-44(28-21-23-37-33(25-28)30-12-4-6-16-35(30)49-37)48-45(47-43)32-15-9-19-40-42(32)34-24-27(20-22-38(34)51-40)29-14-8-18-39-41(29)31-13-5-7-17-36(31)50-39/h1-25H. The predicted molar refractivity (Wildman–Crippen MR) is 203 cm³/mol. The molecule has 0 N–H and O–H groups in total. The van der Waals surface area contributed by atoms with Crippen LogP contribution in [0.25, 0.3) is 111 Å². The highest BCUT2D eigenvalue weighted by Crippen LogP contribution is 2.41. The van der Waals surface area contributed by atoms with Crippen LogP contribution >= 0.6 is 0 Å². The summed E-state index contributed by atoms with van der Waals surface area (Å²) in [7, 11) is 0. The maximum absolute atomic E-state index is 6.46. The van der Waals surface area contributed by atoms with Gasteiger partial charge in [0.05, 0.1) is 0 Å². The quantitative estimate of drug-likeness (QED) is 0.188. The van der Waals surface area contributed by atoms with Gasteiger partial charge in [-0.15, -0.1) is 0 Å². The van der Waals surface area contributed by atoms with Crippen LogP contribution < -0.4 is 0 Å². The molecule has 0 radical (unpaired) electrons. The third-order valence-corrected chi connectivity index (χ3v) is 9.75. The molecule has 238 valence electrons. The summed E-state index contributed by atoms with van der Waals surface area (Å²) < 4.78 is 18.8. The molecule has 51 heavy (non-hydrogen) atoms. The number of aromatic nitrogens is 3. The number of furan rings is 3. The number of nitrogens with zero attached hydrogens (tertiary/aromatic N) is 3. The molecule has 0 aliphatic heterocycles. The van der Waals surface area contributed by atoms with E-state index in [1.165, 1.54) is 0 Å². The predicted octanol–water partition coefficient (Wildman–Crippen LogP) is 12.2. The molecule has 4 aromatic heterocycles. The van der Waals surface area contributed by atoms with Crippen molar-refractivity contribution in [1.82, 2.24) is 15.0 Å². The molecular formula is C45H25N3O3. The molecule has 0 aliphatic carbocycles. The SMILES string of the molecule is c1ccc(-c2nc(-c3ccc4oc5ccccc5c4c3)nc(-c3cccc4oc5ccc(-c6cccc7oc8ccccc8c67)cc5c34)n2)cc1. The molecule has 6 nitrogen and oxygen atoms in total. The second kappa shape index (κ2) is 10.7. The number of para-hydroxylation sites is 2. The summed E-state index contributed by atoms with van der Waals surface area (Å²) >= 11 is 0. The highest BCUT2D eigenvalue weighted by molar-refractivity contribution is 6.16. The molecule has 0 saturated heterocycles. The lowest BCUT2D eigenvalue weighted by atomic mass is 9.97. The molecule has 0 amide bonds. The van der Waals surface area contributed by atoms with Crippen molar-refractivity contribution in [3.8, 4) is 45.3 Å². The molecule has 0 bridgehead atoms. The molecule has 11 aromatic rings. The number of benzene rings is 7. The molecule has 7 aromatic carbocycles. The minimum absolute atomic E-state index is 0.567. The molecule has 4 heterocycles. The van der Waals surface area contributed by atoms with E-state index in [4.69, 9.17) is 28.2 Å². The minimum atomic E-state index is 0.567. The van der Waals surface area contributed by atoms with E-state index in [0.717, 1.165) is 93.6 Å². The number of hydrogen-bond acceptors (Lipinski definition) is 6. The molecule has 0 spiro atoms. The van der Waals surface area contributed by atoms with Crippen molar-refractivity contribution in [3.05, 3.63) is 152 Å². The summed E-state index contributed by atoms with van der Waals surface area (Å²) in [5.74, 6) is 1.74. The van der Waals surface area contributed by atoms with Gasteiger partial charge in [0.15, 0.2) is 17.5 Å². The largest absolute Gasteiger partial charge is 0.456 e. The Bertz CT molecular complexity index is 3150. The van der Waals surface area contributed by atoms with Gasteiger partial charge in [0.1, 0.15) is 33.5 Å². The van der Waals surface area contributed by atoms with Crippen LogP contribution in [0.4, 0.5) is 0 Å². The van der Waals surface area contributed by atoms with Crippen molar-refractivity contribution < 1.29 is 13.3 Å². The molecule has 0 saturated carbocycles. The van der Waals surface area contributed by atoms with Gasteiger partial charge in [0, 0.05) is 49.0 Å². The van der Waals surface area contributed by atoms with Gasteiger partial charge in [-0.05, 0) is 65.7 Å². The first kappa shape index (κ1) is 27.9. The lowest BCUT2D eigenvalue weighted by molar-refractivity contribution is 0.668. The van der Waals surface area contributed by atoms with Crippen LogP contribution in [-0.2, 0) is 0 Å². The van der Waals surface area contributed by atoms with Crippen LogP contribution in [0.15, 0.2) is 165 Å². The Kier molecular flexibility index (Phi) is 5.86. The number of hydrogen-bond donors (Lipinski definition) is 0. The Balaban J connectivity index is 1.14. The van der Waals surface area contributed by atoms with Gasteiger partial charge in [-0.25, -0.2) is 15.0 Å². The Labute approximate surface area is 290 Å². The first-order chi connectivity index (χ1) is 25.2. The fraction of sp³-hybridized carbons (Fsp3) is 0. The van der Waals surface area contributed by atoms with Crippen molar-refractivity contribution in [2.75, 3.05) is 0 Å². The summed E-state index contributed by atoms with van der Waals surface area (Å²) in [6, 6.07) is 51.1. The summed E-state index contributed by atoms with van der Waals surface area (Å²) in [5, 5.41) is 6.19. The van der Waals surface area contributed by atoms with E-state index in [2.05, 4.69) is 48.5 Å². The maximum Gasteiger partial charge on any atom is 0.164 e. The fourth-order valence-corrected chi connectivity index (χ4v) is 7.40. The average molecular weight is 656 g/mol. The lowest BCUT2D eigenvalue weighted by Crippen LogP contribution is -2.00. The first-order valence-corrected chi connectivity index (χ1v) is 16.8. The van der Waals surface area contributed by atoms with E-state index in [9.17, 15) is 0 Å². The average Bonchev–Trinajstić information content (AvgIpc) is 3.88. The van der Waals surface area contributed by atoms with Crippen LogP contribution in [0.2, 0.25) is 0 Å². The van der Waals surface area contributed by atoms with E-state index in [1.54, 1.807) is 0 Å². The minimum Gasteiger partial charge on any atom is -0.456 e. The third kappa shape index (κ3) is 4.33. The van der Waals surface area contributed by atoms with Gasteiger partial charge >= 0.3 is 0 Å². The molecule has 11 rings (SSSR count). The highest BCUT2D eigenvalue weighted by Gasteiger charge is 2.20. The van der Waals surface area contributed by atoms with Crippen molar-refractivity contribution in [2.45, 2.75) is 0 Å². The summed E-state index contributed by atoms with van der Waals surface area (Å²) in [6.07, 6.45) is 0. The van der Waals surface area contributed by atoms with Gasteiger partial charge in [-0.2, -0.15) is 0 Å². The van der Waals surface area contributed by atoms with Gasteiger partial charge in [0.2, 0.25) is 0 Å². The summed E-state index contributed by atoms with van der Waals surface area (Å²) in [6.45, 7) is 0. The highest BCUT2D eigenvalue weighted by atomic mass is 16.3. The smallest absolute Gasteiger partial charge is 0.164 e. The van der Waals surface area contributed by atoms with Crippen LogP contribution in [0, 0.1) is 0 Å². The van der Waals surface area contributed by atoms with E-state index in [0.29, 0.717) is 17.5 Å². The van der Waals surface area contributed by atoms with E-state index < -0.39 is 0 Å². The Morgan fingerprint density at radius 1 is 0.294 bits per heavy atom. The molecule has 0 aliphatic rings.